The Hall–Kier alpha value is -6.21. The maximum Gasteiger partial charge on any atom is 0.509 e. The molecule has 3 rings (SSSR count). The number of nitrogens with two attached hydrogens (primary N) is 1. The Balaban J connectivity index is 1.45. The van der Waals surface area contributed by atoms with Crippen LogP contribution in [0, 0.1) is 0 Å². The van der Waals surface area contributed by atoms with Crippen LogP contribution in [0.3, 0.4) is 0 Å². The molecule has 0 radical (unpaired) electrons. The van der Waals surface area contributed by atoms with Crippen LogP contribution in [0.2, 0.25) is 0 Å². The van der Waals surface area contributed by atoms with Gasteiger partial charge in [0.2, 0.25) is 41.9 Å². The van der Waals surface area contributed by atoms with Crippen molar-refractivity contribution < 1.29 is 67.9 Å². The van der Waals surface area contributed by atoms with Gasteiger partial charge in [-0.25, -0.2) is 15.1 Å². The monoisotopic (exact) mass is 919 g/mol. The highest BCUT2D eigenvalue weighted by Crippen LogP contribution is 2.31. The first-order valence-corrected chi connectivity index (χ1v) is 21.3. The van der Waals surface area contributed by atoms with Crippen molar-refractivity contribution in [3.05, 3.63) is 52.6 Å². The average Bonchev–Trinajstić information content (AvgIpc) is 3.53. The van der Waals surface area contributed by atoms with Crippen molar-refractivity contribution in [3.63, 3.8) is 0 Å². The van der Waals surface area contributed by atoms with E-state index in [9.17, 15) is 48.6 Å². The van der Waals surface area contributed by atoms with Gasteiger partial charge in [-0.1, -0.05) is 44.7 Å². The van der Waals surface area contributed by atoms with E-state index in [0.717, 1.165) is 23.8 Å². The number of nitrogens with zero attached hydrogens (tertiary/aromatic N) is 2. The smallest absolute Gasteiger partial charge is 0.429 e. The molecule has 0 spiro atoms. The highest BCUT2D eigenvalue weighted by molar-refractivity contribution is 6.00. The standard InChI is InChI=1S/C41H61N9O15/c1-5-6-11-20-62-40(59)48-30-18-19-50(39(58)47-30)38-33(54)34(25(4)64-38)65-41(60)63-22-26-14-16-27(17-15-26)45-37(57)28(21-29(42)51)46-36(56)24(3)44-35(55)23(2)43-31(52)12-9-7-8-10-13-32(53)49-61/h14-19,23-25,28,33-34,38,40,54,59,61H,5-13,20-22H2,1-4H3,(H2,42,51)(H,43,52)(H,44,55)(H,45,57)(H,46,56)(H,49,53)(H,47,48,58)/t23-,24-,25+,28-,33+,34+,38+,40?/m0/s1. The number of carbonyl (C=O) groups excluding carboxylic acids is 7. The molecule has 1 aliphatic rings. The number of hydroxylamine groups is 1. The molecule has 1 unspecified atom stereocenters. The number of ether oxygens (including phenoxy) is 4. The van der Waals surface area contributed by atoms with Gasteiger partial charge < -0.3 is 61.5 Å². The zero-order valence-corrected chi connectivity index (χ0v) is 36.8. The predicted octanol–water partition coefficient (Wildman–Crippen LogP) is 0.292. The molecular weight excluding hydrogens is 858 g/mol. The van der Waals surface area contributed by atoms with Crippen molar-refractivity contribution in [2.45, 2.75) is 148 Å². The first-order chi connectivity index (χ1) is 30.9. The zero-order chi connectivity index (χ0) is 48.1. The first-order valence-electron chi connectivity index (χ1n) is 21.3. The minimum Gasteiger partial charge on any atom is -0.429 e. The summed E-state index contributed by atoms with van der Waals surface area (Å²) in [6.07, 6.45) is -1.35. The zero-order valence-electron chi connectivity index (χ0n) is 36.8. The molecule has 65 heavy (non-hydrogen) atoms. The molecule has 11 N–H and O–H groups in total. The molecule has 0 bridgehead atoms. The number of aliphatic hydroxyl groups excluding tert-OH is 2. The van der Waals surface area contributed by atoms with E-state index in [-0.39, 0.29) is 31.0 Å². The number of hydrogen-bond donors (Lipinski definition) is 10. The van der Waals surface area contributed by atoms with Crippen molar-refractivity contribution in [2.75, 3.05) is 17.2 Å². The molecular formula is C41H61N9O15. The fourth-order valence-corrected chi connectivity index (χ4v) is 6.29. The molecule has 1 saturated heterocycles. The van der Waals surface area contributed by atoms with Gasteiger partial charge in [-0.2, -0.15) is 4.98 Å². The molecule has 6 amide bonds. The fraction of sp³-hybridized carbons (Fsp3) is 0.585. The number of aliphatic hydroxyl groups is 2. The lowest BCUT2D eigenvalue weighted by Crippen LogP contribution is -2.55. The van der Waals surface area contributed by atoms with Gasteiger partial charge in [0, 0.05) is 24.7 Å². The van der Waals surface area contributed by atoms with Crippen molar-refractivity contribution in [3.8, 4) is 0 Å². The van der Waals surface area contributed by atoms with Gasteiger partial charge in [0.05, 0.1) is 19.1 Å². The molecule has 24 heteroatoms. The van der Waals surface area contributed by atoms with Crippen LogP contribution in [0.15, 0.2) is 41.3 Å². The molecule has 1 fully saturated rings. The summed E-state index contributed by atoms with van der Waals surface area (Å²) in [6, 6.07) is 3.67. The Bertz CT molecular complexity index is 1970. The third-order valence-corrected chi connectivity index (χ3v) is 9.90. The number of anilines is 2. The highest BCUT2D eigenvalue weighted by atomic mass is 16.7. The largest absolute Gasteiger partial charge is 0.509 e. The van der Waals surface area contributed by atoms with E-state index in [1.165, 1.54) is 57.3 Å². The van der Waals surface area contributed by atoms with E-state index in [2.05, 4.69) is 31.6 Å². The number of hydrogen-bond acceptors (Lipinski definition) is 17. The first kappa shape index (κ1) is 53.1. The second kappa shape index (κ2) is 27.2. The maximum absolute atomic E-state index is 13.1. The van der Waals surface area contributed by atoms with Crippen LogP contribution in [-0.4, -0.2) is 116 Å². The summed E-state index contributed by atoms with van der Waals surface area (Å²) in [5, 5.41) is 42.0. The topological polar surface area (TPSA) is 350 Å². The summed E-state index contributed by atoms with van der Waals surface area (Å²) >= 11 is 0. The van der Waals surface area contributed by atoms with Crippen molar-refractivity contribution in [1.82, 2.24) is 31.0 Å². The SMILES string of the molecule is CCCCCOC(O)Nc1ccn([C@@H]2O[C@H](C)[C@@H](OC(=O)OCc3ccc(NC(=O)[C@H](CC(N)=O)NC(=O)[C@H](C)NC(=O)[C@H](C)NC(=O)CCCCCCC(=O)NO)cc3)[C@H]2O)c(=O)n1. The third kappa shape index (κ3) is 18.4. The van der Waals surface area contributed by atoms with Crippen LogP contribution in [0.5, 0.6) is 0 Å². The summed E-state index contributed by atoms with van der Waals surface area (Å²) in [4.78, 5) is 103. The van der Waals surface area contributed by atoms with E-state index in [1.54, 1.807) is 5.48 Å². The van der Waals surface area contributed by atoms with Gasteiger partial charge in [-0.3, -0.25) is 38.5 Å². The van der Waals surface area contributed by atoms with Crippen LogP contribution < -0.4 is 43.5 Å². The van der Waals surface area contributed by atoms with E-state index in [1.807, 2.05) is 6.92 Å². The second-order valence-corrected chi connectivity index (χ2v) is 15.3. The second-order valence-electron chi connectivity index (χ2n) is 15.3. The molecule has 1 aromatic heterocycles. The van der Waals surface area contributed by atoms with E-state index >= 15 is 0 Å². The van der Waals surface area contributed by atoms with Crippen LogP contribution >= 0.6 is 0 Å². The van der Waals surface area contributed by atoms with Gasteiger partial charge in [0.25, 0.3) is 0 Å². The molecule has 1 aromatic carbocycles. The highest BCUT2D eigenvalue weighted by Gasteiger charge is 2.46. The molecule has 0 saturated carbocycles. The number of carbonyl (C=O) groups is 7. The summed E-state index contributed by atoms with van der Waals surface area (Å²) < 4.78 is 22.5. The van der Waals surface area contributed by atoms with E-state index in [4.69, 9.17) is 29.9 Å². The van der Waals surface area contributed by atoms with Gasteiger partial charge >= 0.3 is 11.8 Å². The van der Waals surface area contributed by atoms with Gasteiger partial charge in [-0.05, 0) is 63.8 Å². The number of rotatable bonds is 27. The average molecular weight is 920 g/mol. The number of primary amides is 1. The Morgan fingerprint density at radius 1 is 0.877 bits per heavy atom. The van der Waals surface area contributed by atoms with Crippen LogP contribution in [0.25, 0.3) is 0 Å². The lowest BCUT2D eigenvalue weighted by atomic mass is 10.1. The number of amides is 6. The van der Waals surface area contributed by atoms with Crippen LogP contribution in [0.1, 0.15) is 104 Å². The van der Waals surface area contributed by atoms with Gasteiger partial charge in [0.15, 0.2) is 12.3 Å². The van der Waals surface area contributed by atoms with Gasteiger partial charge in [0.1, 0.15) is 36.7 Å². The van der Waals surface area contributed by atoms with Gasteiger partial charge in [-0.15, -0.1) is 0 Å². The maximum atomic E-state index is 13.1. The summed E-state index contributed by atoms with van der Waals surface area (Å²) in [6.45, 7) is 6.34. The third-order valence-electron chi connectivity index (χ3n) is 9.90. The molecule has 0 aliphatic carbocycles. The summed E-state index contributed by atoms with van der Waals surface area (Å²) in [5.41, 5.74) is 6.75. The van der Waals surface area contributed by atoms with Crippen molar-refractivity contribution >= 4 is 53.1 Å². The predicted molar refractivity (Wildman–Crippen MR) is 228 cm³/mol. The molecule has 2 aromatic rings. The Morgan fingerprint density at radius 2 is 1.52 bits per heavy atom. The Morgan fingerprint density at radius 3 is 2.15 bits per heavy atom. The minimum atomic E-state index is -1.49. The van der Waals surface area contributed by atoms with Crippen molar-refractivity contribution in [2.24, 2.45) is 5.73 Å². The quantitative estimate of drug-likeness (QED) is 0.0189. The number of nitrogens with one attached hydrogen (secondary N) is 6. The fourth-order valence-electron chi connectivity index (χ4n) is 6.29. The molecule has 360 valence electrons. The lowest BCUT2D eigenvalue weighted by Gasteiger charge is -2.22. The summed E-state index contributed by atoms with van der Waals surface area (Å²) in [7, 11) is 0. The van der Waals surface area contributed by atoms with E-state index < -0.39 is 103 Å². The molecule has 24 nitrogen and oxygen atoms in total. The number of unbranched alkanes of at least 4 members (excludes halogenated alkanes) is 5. The van der Waals surface area contributed by atoms with Crippen molar-refractivity contribution in [1.29, 1.82) is 0 Å². The number of aromatic nitrogens is 2. The Kier molecular flexibility index (Phi) is 22.2. The summed E-state index contributed by atoms with van der Waals surface area (Å²) in [5.74, 6) is -4.07. The molecule has 8 atom stereocenters. The Labute approximate surface area is 374 Å². The number of benzene rings is 1. The molecule has 1 aliphatic heterocycles. The molecule has 2 heterocycles. The van der Waals surface area contributed by atoms with Crippen LogP contribution in [0.4, 0.5) is 16.3 Å². The minimum absolute atomic E-state index is 0.0234. The lowest BCUT2D eigenvalue weighted by molar-refractivity contribution is -0.133. The normalized spacial score (nSPS) is 18.5. The van der Waals surface area contributed by atoms with Crippen LogP contribution in [-0.2, 0) is 54.3 Å². The van der Waals surface area contributed by atoms with E-state index in [0.29, 0.717) is 37.9 Å².